The Bertz CT molecular complexity index is 360. The topological polar surface area (TPSA) is 21.3 Å². The maximum atomic E-state index is 5.51. The lowest BCUT2D eigenvalue weighted by atomic mass is 10.00. The van der Waals surface area contributed by atoms with Gasteiger partial charge in [-0.25, -0.2) is 0 Å². The van der Waals surface area contributed by atoms with Gasteiger partial charge in [0.05, 0.1) is 7.11 Å². The third-order valence-corrected chi connectivity index (χ3v) is 2.97. The molecule has 0 heterocycles. The molecule has 1 unspecified atom stereocenters. The molecule has 1 aromatic rings. The predicted octanol–water partition coefficient (Wildman–Crippen LogP) is 3.24. The van der Waals surface area contributed by atoms with Gasteiger partial charge in [-0.3, -0.25) is 0 Å². The number of rotatable bonds is 6. The smallest absolute Gasteiger partial charge is 0.125 e. The molecule has 96 valence electrons. The Morgan fingerprint density at radius 3 is 2.59 bits per heavy atom. The van der Waals surface area contributed by atoms with Crippen molar-refractivity contribution in [1.82, 2.24) is 5.32 Å². The fourth-order valence-corrected chi connectivity index (χ4v) is 2.28. The summed E-state index contributed by atoms with van der Waals surface area (Å²) in [6.07, 6.45) is 2.19. The Morgan fingerprint density at radius 2 is 2.00 bits per heavy atom. The summed E-state index contributed by atoms with van der Waals surface area (Å²) < 4.78 is 5.51. The van der Waals surface area contributed by atoms with Crippen molar-refractivity contribution >= 4 is 0 Å². The van der Waals surface area contributed by atoms with E-state index >= 15 is 0 Å². The van der Waals surface area contributed by atoms with Crippen LogP contribution < -0.4 is 10.1 Å². The molecule has 1 aromatic carbocycles. The highest BCUT2D eigenvalue weighted by atomic mass is 16.5. The zero-order chi connectivity index (χ0) is 12.8. The van der Waals surface area contributed by atoms with Crippen LogP contribution in [0.3, 0.4) is 0 Å². The van der Waals surface area contributed by atoms with Crippen molar-refractivity contribution in [2.24, 2.45) is 0 Å². The second kappa shape index (κ2) is 6.65. The summed E-state index contributed by atoms with van der Waals surface area (Å²) in [6.45, 7) is 9.75. The standard InChI is InChI=1S/C15H25NO/c1-6-7-16-13(4)10-14-9-11(2)8-12(3)15(14)17-5/h8-9,13,16H,6-7,10H2,1-5H3. The first kappa shape index (κ1) is 14.0. The number of nitrogens with one attached hydrogen (secondary N) is 1. The maximum absolute atomic E-state index is 5.51. The van der Waals surface area contributed by atoms with Crippen LogP contribution in [0.5, 0.6) is 5.75 Å². The molecule has 0 saturated heterocycles. The minimum Gasteiger partial charge on any atom is -0.496 e. The summed E-state index contributed by atoms with van der Waals surface area (Å²) in [5, 5.41) is 3.52. The second-order valence-electron chi connectivity index (χ2n) is 4.83. The molecule has 2 heteroatoms. The maximum Gasteiger partial charge on any atom is 0.125 e. The van der Waals surface area contributed by atoms with E-state index in [2.05, 4.69) is 45.1 Å². The lowest BCUT2D eigenvalue weighted by Gasteiger charge is -2.17. The highest BCUT2D eigenvalue weighted by Crippen LogP contribution is 2.26. The summed E-state index contributed by atoms with van der Waals surface area (Å²) in [5.74, 6) is 1.04. The molecule has 0 aliphatic heterocycles. The fourth-order valence-electron chi connectivity index (χ4n) is 2.28. The van der Waals surface area contributed by atoms with Gasteiger partial charge in [0.25, 0.3) is 0 Å². The number of aryl methyl sites for hydroxylation is 2. The molecule has 1 atom stereocenters. The lowest BCUT2D eigenvalue weighted by molar-refractivity contribution is 0.403. The molecule has 1 N–H and O–H groups in total. The number of hydrogen-bond acceptors (Lipinski definition) is 2. The molecule has 0 spiro atoms. The number of benzene rings is 1. The minimum atomic E-state index is 0.491. The highest BCUT2D eigenvalue weighted by Gasteiger charge is 2.10. The average molecular weight is 235 g/mol. The van der Waals surface area contributed by atoms with Crippen LogP contribution in [-0.4, -0.2) is 19.7 Å². The molecular weight excluding hydrogens is 210 g/mol. The van der Waals surface area contributed by atoms with Gasteiger partial charge in [0.2, 0.25) is 0 Å². The van der Waals surface area contributed by atoms with Crippen LogP contribution >= 0.6 is 0 Å². The van der Waals surface area contributed by atoms with Crippen molar-refractivity contribution in [3.63, 3.8) is 0 Å². The zero-order valence-electron chi connectivity index (χ0n) is 11.8. The van der Waals surface area contributed by atoms with Crippen molar-refractivity contribution < 1.29 is 4.74 Å². The normalized spacial score (nSPS) is 12.5. The quantitative estimate of drug-likeness (QED) is 0.817. The third kappa shape index (κ3) is 4.04. The van der Waals surface area contributed by atoms with E-state index < -0.39 is 0 Å². The molecule has 0 bridgehead atoms. The SMILES string of the molecule is CCCNC(C)Cc1cc(C)cc(C)c1OC. The van der Waals surface area contributed by atoms with Crippen molar-refractivity contribution in [2.45, 2.75) is 46.6 Å². The van der Waals surface area contributed by atoms with Crippen LogP contribution in [0.2, 0.25) is 0 Å². The van der Waals surface area contributed by atoms with Gasteiger partial charge in [0.1, 0.15) is 5.75 Å². The Labute approximate surface area is 105 Å². The van der Waals surface area contributed by atoms with Gasteiger partial charge in [-0.1, -0.05) is 24.6 Å². The summed E-state index contributed by atoms with van der Waals surface area (Å²) in [7, 11) is 1.76. The number of ether oxygens (including phenoxy) is 1. The molecule has 17 heavy (non-hydrogen) atoms. The Morgan fingerprint density at radius 1 is 1.29 bits per heavy atom. The molecule has 0 aliphatic rings. The fraction of sp³-hybridized carbons (Fsp3) is 0.600. The Hall–Kier alpha value is -1.02. The van der Waals surface area contributed by atoms with E-state index in [1.165, 1.54) is 23.1 Å². The Kier molecular flexibility index (Phi) is 5.49. The van der Waals surface area contributed by atoms with E-state index in [1.807, 2.05) is 0 Å². The van der Waals surface area contributed by atoms with Crippen molar-refractivity contribution in [3.8, 4) is 5.75 Å². The van der Waals surface area contributed by atoms with Crippen LogP contribution in [0.25, 0.3) is 0 Å². The molecule has 0 aromatic heterocycles. The largest absolute Gasteiger partial charge is 0.496 e. The van der Waals surface area contributed by atoms with Gasteiger partial charge in [0, 0.05) is 6.04 Å². The average Bonchev–Trinajstić information content (AvgIpc) is 2.25. The third-order valence-electron chi connectivity index (χ3n) is 2.97. The van der Waals surface area contributed by atoms with Crippen molar-refractivity contribution in [2.75, 3.05) is 13.7 Å². The predicted molar refractivity (Wildman–Crippen MR) is 73.9 cm³/mol. The van der Waals surface area contributed by atoms with Gasteiger partial charge in [-0.2, -0.15) is 0 Å². The van der Waals surface area contributed by atoms with E-state index in [4.69, 9.17) is 4.74 Å². The summed E-state index contributed by atoms with van der Waals surface area (Å²) in [6, 6.07) is 4.90. The molecular formula is C15H25NO. The first-order valence-electron chi connectivity index (χ1n) is 6.46. The lowest BCUT2D eigenvalue weighted by Crippen LogP contribution is -2.28. The molecule has 2 nitrogen and oxygen atoms in total. The van der Waals surface area contributed by atoms with Crippen molar-refractivity contribution in [1.29, 1.82) is 0 Å². The van der Waals surface area contributed by atoms with E-state index in [-0.39, 0.29) is 0 Å². The molecule has 0 amide bonds. The van der Waals surface area contributed by atoms with Gasteiger partial charge in [0.15, 0.2) is 0 Å². The molecule has 0 radical (unpaired) electrons. The number of methoxy groups -OCH3 is 1. The first-order chi connectivity index (χ1) is 8.08. The zero-order valence-corrected chi connectivity index (χ0v) is 11.8. The summed E-state index contributed by atoms with van der Waals surface area (Å²) in [4.78, 5) is 0. The molecule has 0 fully saturated rings. The van der Waals surface area contributed by atoms with E-state index in [0.29, 0.717) is 6.04 Å². The van der Waals surface area contributed by atoms with E-state index in [0.717, 1.165) is 18.7 Å². The van der Waals surface area contributed by atoms with Crippen molar-refractivity contribution in [3.05, 3.63) is 28.8 Å². The molecule has 1 rings (SSSR count). The first-order valence-corrected chi connectivity index (χ1v) is 6.46. The van der Waals surface area contributed by atoms with E-state index in [9.17, 15) is 0 Å². The van der Waals surface area contributed by atoms with Crippen LogP contribution in [-0.2, 0) is 6.42 Å². The van der Waals surface area contributed by atoms with Crippen LogP contribution in [0.1, 0.15) is 37.0 Å². The summed E-state index contributed by atoms with van der Waals surface area (Å²) in [5.41, 5.74) is 3.84. The number of hydrogen-bond donors (Lipinski definition) is 1. The van der Waals surface area contributed by atoms with Gasteiger partial charge in [-0.15, -0.1) is 0 Å². The van der Waals surface area contributed by atoms with Crippen LogP contribution in [0.15, 0.2) is 12.1 Å². The van der Waals surface area contributed by atoms with Gasteiger partial charge >= 0.3 is 0 Å². The molecule has 0 aliphatic carbocycles. The van der Waals surface area contributed by atoms with Gasteiger partial charge < -0.3 is 10.1 Å². The minimum absolute atomic E-state index is 0.491. The van der Waals surface area contributed by atoms with Crippen LogP contribution in [0.4, 0.5) is 0 Å². The summed E-state index contributed by atoms with van der Waals surface area (Å²) >= 11 is 0. The highest BCUT2D eigenvalue weighted by molar-refractivity contribution is 5.44. The van der Waals surface area contributed by atoms with E-state index in [1.54, 1.807) is 7.11 Å². The Balaban J connectivity index is 2.81. The van der Waals surface area contributed by atoms with Crippen LogP contribution in [0, 0.1) is 13.8 Å². The monoisotopic (exact) mass is 235 g/mol. The van der Waals surface area contributed by atoms with Gasteiger partial charge in [-0.05, 0) is 51.3 Å². The second-order valence-corrected chi connectivity index (χ2v) is 4.83. The molecule has 0 saturated carbocycles.